The Morgan fingerprint density at radius 3 is 2.23 bits per heavy atom. The standard InChI is InChI=1S/C23H17N3O7S2/c27-26(28)20-6-3-7-23(15-20)35(31,32)33-21-11-8-17(9-12-21)16-24-25-34(29,30)22-13-10-18-4-1-2-5-19(18)14-22/h1-16,25H. The summed E-state index contributed by atoms with van der Waals surface area (Å²) < 4.78 is 54.9. The molecule has 0 aromatic heterocycles. The van der Waals surface area contributed by atoms with Crippen molar-refractivity contribution < 1.29 is 25.9 Å². The molecule has 0 aliphatic carbocycles. The normalized spacial score (nSPS) is 12.0. The lowest BCUT2D eigenvalue weighted by molar-refractivity contribution is -0.385. The predicted octanol–water partition coefficient (Wildman–Crippen LogP) is 3.83. The number of sulfonamides is 1. The molecule has 35 heavy (non-hydrogen) atoms. The first-order chi connectivity index (χ1) is 16.6. The van der Waals surface area contributed by atoms with Crippen LogP contribution in [0.5, 0.6) is 5.75 Å². The second kappa shape index (κ2) is 9.52. The lowest BCUT2D eigenvalue weighted by Gasteiger charge is -2.07. The van der Waals surface area contributed by atoms with E-state index in [4.69, 9.17) is 4.18 Å². The summed E-state index contributed by atoms with van der Waals surface area (Å²) in [7, 11) is -8.19. The van der Waals surface area contributed by atoms with Gasteiger partial charge in [0.15, 0.2) is 0 Å². The van der Waals surface area contributed by atoms with Gasteiger partial charge in [0.05, 0.1) is 16.0 Å². The van der Waals surface area contributed by atoms with Crippen LogP contribution in [0, 0.1) is 10.1 Å². The topological polar surface area (TPSA) is 145 Å². The van der Waals surface area contributed by atoms with Gasteiger partial charge in [-0.2, -0.15) is 21.9 Å². The Bertz CT molecular complexity index is 1650. The number of fused-ring (bicyclic) bond motifs is 1. The van der Waals surface area contributed by atoms with Crippen molar-refractivity contribution in [3.8, 4) is 5.75 Å². The minimum absolute atomic E-state index is 0.0367. The Morgan fingerprint density at radius 1 is 0.800 bits per heavy atom. The molecule has 0 fully saturated rings. The van der Waals surface area contributed by atoms with E-state index >= 15 is 0 Å². The summed E-state index contributed by atoms with van der Waals surface area (Å²) in [6, 6.07) is 22.2. The molecule has 0 aliphatic rings. The Balaban J connectivity index is 1.43. The highest BCUT2D eigenvalue weighted by atomic mass is 32.2. The summed E-state index contributed by atoms with van der Waals surface area (Å²) in [5, 5.41) is 16.3. The Hall–Kier alpha value is -4.29. The van der Waals surface area contributed by atoms with Crippen molar-refractivity contribution >= 4 is 42.8 Å². The molecule has 178 valence electrons. The van der Waals surface area contributed by atoms with Gasteiger partial charge < -0.3 is 4.18 Å². The number of nitro groups is 1. The van der Waals surface area contributed by atoms with Crippen LogP contribution in [0.1, 0.15) is 5.56 Å². The van der Waals surface area contributed by atoms with E-state index in [1.165, 1.54) is 54.7 Å². The summed E-state index contributed by atoms with van der Waals surface area (Å²) in [6.45, 7) is 0. The number of nitrogens with zero attached hydrogens (tertiary/aromatic N) is 2. The smallest absolute Gasteiger partial charge is 0.339 e. The van der Waals surface area contributed by atoms with Gasteiger partial charge in [-0.1, -0.05) is 36.4 Å². The summed E-state index contributed by atoms with van der Waals surface area (Å²) in [6.07, 6.45) is 1.25. The number of hydrogen-bond acceptors (Lipinski definition) is 8. The molecule has 4 aromatic rings. The van der Waals surface area contributed by atoms with Crippen LogP contribution < -0.4 is 9.01 Å². The third kappa shape index (κ3) is 5.62. The minimum atomic E-state index is -4.29. The van der Waals surface area contributed by atoms with Crippen LogP contribution in [0.4, 0.5) is 5.69 Å². The summed E-state index contributed by atoms with van der Waals surface area (Å²) >= 11 is 0. The van der Waals surface area contributed by atoms with E-state index in [9.17, 15) is 26.9 Å². The molecule has 4 rings (SSSR count). The summed E-state index contributed by atoms with van der Waals surface area (Å²) in [5.74, 6) is -0.0367. The molecule has 4 aromatic carbocycles. The van der Waals surface area contributed by atoms with Crippen LogP contribution in [-0.2, 0) is 20.1 Å². The molecule has 0 bridgehead atoms. The molecule has 0 spiro atoms. The van der Waals surface area contributed by atoms with Crippen LogP contribution in [0.15, 0.2) is 106 Å². The highest BCUT2D eigenvalue weighted by molar-refractivity contribution is 7.89. The van der Waals surface area contributed by atoms with Crippen molar-refractivity contribution in [2.24, 2.45) is 5.10 Å². The van der Waals surface area contributed by atoms with E-state index in [1.54, 1.807) is 18.2 Å². The molecule has 0 unspecified atom stereocenters. The van der Waals surface area contributed by atoms with Crippen LogP contribution in [0.3, 0.4) is 0 Å². The monoisotopic (exact) mass is 511 g/mol. The first-order valence-corrected chi connectivity index (χ1v) is 12.9. The molecule has 0 radical (unpaired) electrons. The maximum atomic E-state index is 12.5. The van der Waals surface area contributed by atoms with Gasteiger partial charge in [-0.25, -0.2) is 4.83 Å². The number of non-ortho nitro benzene ring substituents is 1. The largest absolute Gasteiger partial charge is 0.379 e. The second-order valence-electron chi connectivity index (χ2n) is 7.22. The van der Waals surface area contributed by atoms with Gasteiger partial charge in [0.2, 0.25) is 0 Å². The van der Waals surface area contributed by atoms with Crippen molar-refractivity contribution in [1.29, 1.82) is 0 Å². The zero-order valence-electron chi connectivity index (χ0n) is 17.8. The summed E-state index contributed by atoms with van der Waals surface area (Å²) in [4.78, 5) is 12.0. The SMILES string of the molecule is O=[N+]([O-])c1cccc(S(=O)(=O)Oc2ccc(C=NNS(=O)(=O)c3ccc4ccccc4c3)cc2)c1. The van der Waals surface area contributed by atoms with Gasteiger partial charge in [0, 0.05) is 12.1 Å². The van der Waals surface area contributed by atoms with Gasteiger partial charge in [0.25, 0.3) is 15.7 Å². The van der Waals surface area contributed by atoms with E-state index < -0.39 is 25.1 Å². The third-order valence-electron chi connectivity index (χ3n) is 4.82. The van der Waals surface area contributed by atoms with Crippen molar-refractivity contribution in [2.45, 2.75) is 9.79 Å². The van der Waals surface area contributed by atoms with E-state index in [-0.39, 0.29) is 21.2 Å². The number of hydrazone groups is 1. The molecule has 0 atom stereocenters. The van der Waals surface area contributed by atoms with Gasteiger partial charge in [-0.3, -0.25) is 10.1 Å². The average Bonchev–Trinajstić information content (AvgIpc) is 2.84. The van der Waals surface area contributed by atoms with E-state index in [1.807, 2.05) is 18.2 Å². The zero-order valence-corrected chi connectivity index (χ0v) is 19.4. The van der Waals surface area contributed by atoms with Crippen molar-refractivity contribution in [2.75, 3.05) is 0 Å². The molecule has 0 amide bonds. The minimum Gasteiger partial charge on any atom is -0.379 e. The zero-order chi connectivity index (χ0) is 25.1. The fraction of sp³-hybridized carbons (Fsp3) is 0. The van der Waals surface area contributed by atoms with Gasteiger partial charge >= 0.3 is 10.1 Å². The van der Waals surface area contributed by atoms with Crippen molar-refractivity contribution in [3.05, 3.63) is 107 Å². The fourth-order valence-corrected chi connectivity index (χ4v) is 4.89. The Labute approximate surface area is 200 Å². The van der Waals surface area contributed by atoms with Gasteiger partial charge in [-0.05, 0) is 58.8 Å². The van der Waals surface area contributed by atoms with Crippen LogP contribution >= 0.6 is 0 Å². The fourth-order valence-electron chi connectivity index (χ4n) is 3.09. The third-order valence-corrected chi connectivity index (χ3v) is 7.28. The highest BCUT2D eigenvalue weighted by Crippen LogP contribution is 2.22. The first kappa shape index (κ1) is 23.9. The van der Waals surface area contributed by atoms with Gasteiger partial charge in [-0.15, -0.1) is 0 Å². The van der Waals surface area contributed by atoms with E-state index in [0.717, 1.165) is 16.8 Å². The molecule has 0 heterocycles. The molecule has 0 aliphatic heterocycles. The number of nitro benzene ring substituents is 1. The molecule has 1 N–H and O–H groups in total. The number of rotatable bonds is 8. The Kier molecular flexibility index (Phi) is 6.49. The van der Waals surface area contributed by atoms with E-state index in [2.05, 4.69) is 9.93 Å². The highest BCUT2D eigenvalue weighted by Gasteiger charge is 2.20. The van der Waals surface area contributed by atoms with Crippen LogP contribution in [0.2, 0.25) is 0 Å². The molecular formula is C23H17N3O7S2. The van der Waals surface area contributed by atoms with Crippen molar-refractivity contribution in [3.63, 3.8) is 0 Å². The van der Waals surface area contributed by atoms with E-state index in [0.29, 0.717) is 5.56 Å². The molecule has 12 heteroatoms. The maximum absolute atomic E-state index is 12.5. The molecule has 0 saturated carbocycles. The number of benzene rings is 4. The molecule has 10 nitrogen and oxygen atoms in total. The number of hydrogen-bond donors (Lipinski definition) is 1. The number of nitrogens with one attached hydrogen (secondary N) is 1. The molecule has 0 saturated heterocycles. The van der Waals surface area contributed by atoms with Crippen LogP contribution in [0.25, 0.3) is 10.8 Å². The first-order valence-electron chi connectivity index (χ1n) is 9.97. The predicted molar refractivity (Wildman–Crippen MR) is 129 cm³/mol. The summed E-state index contributed by atoms with van der Waals surface area (Å²) in [5.41, 5.74) is 0.0821. The quantitative estimate of drug-likeness (QED) is 0.164. The van der Waals surface area contributed by atoms with Crippen LogP contribution in [-0.4, -0.2) is 28.0 Å². The molecular weight excluding hydrogens is 494 g/mol. The second-order valence-corrected chi connectivity index (χ2v) is 10.4. The van der Waals surface area contributed by atoms with Gasteiger partial charge in [0.1, 0.15) is 10.6 Å². The maximum Gasteiger partial charge on any atom is 0.339 e. The average molecular weight is 512 g/mol. The van der Waals surface area contributed by atoms with Crippen molar-refractivity contribution in [1.82, 2.24) is 4.83 Å². The lowest BCUT2D eigenvalue weighted by atomic mass is 10.1. The Morgan fingerprint density at radius 2 is 1.51 bits per heavy atom. The lowest BCUT2D eigenvalue weighted by Crippen LogP contribution is -2.18.